The van der Waals surface area contributed by atoms with Gasteiger partial charge in [-0.3, -0.25) is 0 Å². The van der Waals surface area contributed by atoms with E-state index >= 15 is 0 Å². The van der Waals surface area contributed by atoms with E-state index in [1.54, 1.807) is 13.2 Å². The molecule has 1 aromatic carbocycles. The van der Waals surface area contributed by atoms with Crippen LogP contribution in [0.25, 0.3) is 5.70 Å². The lowest BCUT2D eigenvalue weighted by atomic mass is 9.95. The van der Waals surface area contributed by atoms with Gasteiger partial charge in [0.15, 0.2) is 0 Å². The molecule has 148 valence electrons. The molecule has 4 rings (SSSR count). The lowest BCUT2D eigenvalue weighted by Gasteiger charge is -2.31. The van der Waals surface area contributed by atoms with Crippen molar-refractivity contribution in [1.82, 2.24) is 15.5 Å². The van der Waals surface area contributed by atoms with Gasteiger partial charge in [-0.2, -0.15) is 0 Å². The van der Waals surface area contributed by atoms with Crippen LogP contribution in [-0.4, -0.2) is 37.3 Å². The first kappa shape index (κ1) is 18.5. The number of hydrogen-bond donors (Lipinski definition) is 2. The highest BCUT2D eigenvalue weighted by molar-refractivity contribution is 5.92. The Kier molecular flexibility index (Phi) is 5.28. The average molecular weight is 381 g/mol. The second-order valence-electron chi connectivity index (χ2n) is 7.36. The molecule has 1 aromatic rings. The van der Waals surface area contributed by atoms with Crippen LogP contribution < -0.4 is 15.4 Å². The fraction of sp³-hybridized carbons (Fsp3) is 0.409. The van der Waals surface area contributed by atoms with Gasteiger partial charge in [0, 0.05) is 17.8 Å². The maximum atomic E-state index is 12.0. The van der Waals surface area contributed by atoms with Gasteiger partial charge >= 0.3 is 5.97 Å². The normalized spacial score (nSPS) is 21.7. The van der Waals surface area contributed by atoms with E-state index in [1.807, 2.05) is 30.5 Å². The number of nitrogens with one attached hydrogen (secondary N) is 2. The topological polar surface area (TPSA) is 62.8 Å². The molecule has 6 heteroatoms. The zero-order valence-electron chi connectivity index (χ0n) is 16.4. The number of nitrogens with zero attached hydrogens (tertiary/aromatic N) is 1. The van der Waals surface area contributed by atoms with Crippen LogP contribution >= 0.6 is 0 Å². The fourth-order valence-corrected chi connectivity index (χ4v) is 4.07. The minimum atomic E-state index is -0.325. The van der Waals surface area contributed by atoms with Crippen molar-refractivity contribution in [1.29, 1.82) is 0 Å². The molecule has 6 nitrogen and oxygen atoms in total. The van der Waals surface area contributed by atoms with Crippen molar-refractivity contribution in [3.63, 3.8) is 0 Å². The molecular formula is C22H27N3O3. The predicted octanol–water partition coefficient (Wildman–Crippen LogP) is 3.10. The molecule has 0 saturated heterocycles. The smallest absolute Gasteiger partial charge is 0.337 e. The summed E-state index contributed by atoms with van der Waals surface area (Å²) >= 11 is 0. The Balaban J connectivity index is 1.67. The van der Waals surface area contributed by atoms with E-state index in [4.69, 9.17) is 9.47 Å². The highest BCUT2D eigenvalue weighted by Crippen LogP contribution is 2.32. The highest BCUT2D eigenvalue weighted by atomic mass is 16.5. The lowest BCUT2D eigenvalue weighted by Crippen LogP contribution is -2.40. The molecule has 2 N–H and O–H groups in total. The Morgan fingerprint density at radius 1 is 1.21 bits per heavy atom. The third kappa shape index (κ3) is 3.59. The third-order valence-corrected chi connectivity index (χ3v) is 5.56. The Hall–Kier alpha value is -2.89. The second kappa shape index (κ2) is 8.00. The molecule has 1 saturated carbocycles. The van der Waals surface area contributed by atoms with Crippen LogP contribution in [0.15, 0.2) is 54.0 Å². The summed E-state index contributed by atoms with van der Waals surface area (Å²) in [6.07, 6.45) is 11.7. The molecule has 2 aliphatic heterocycles. The van der Waals surface area contributed by atoms with Gasteiger partial charge in [0.25, 0.3) is 0 Å². The molecule has 0 bridgehead atoms. The first-order valence-electron chi connectivity index (χ1n) is 9.88. The summed E-state index contributed by atoms with van der Waals surface area (Å²) in [4.78, 5) is 14.1. The number of methoxy groups -OCH3 is 2. The number of carbonyl (C=O) groups is 1. The number of fused-ring (bicyclic) bond motifs is 1. The monoisotopic (exact) mass is 381 g/mol. The number of esters is 1. The standard InChI is InChI=1S/C22H27N3O3/c1-27-18-10-6-7-15(13-18)20-21(23-17-8-4-3-5-9-17)25-12-11-16(22(26)28-2)14-19(25)24-20/h6-7,10-14,17,19,23-24H,3-5,8-9H2,1-2H3. The Bertz CT molecular complexity index is 837. The van der Waals surface area contributed by atoms with Gasteiger partial charge in [0.05, 0.1) is 25.5 Å². The van der Waals surface area contributed by atoms with Crippen molar-refractivity contribution >= 4 is 11.7 Å². The number of benzene rings is 1. The SMILES string of the molecule is COC(=O)C1=CC2NC(c3cccc(OC)c3)=C(NC3CCCCC3)N2C=C1. The minimum absolute atomic E-state index is 0.133. The van der Waals surface area contributed by atoms with Crippen LogP contribution in [0.5, 0.6) is 5.75 Å². The second-order valence-corrected chi connectivity index (χ2v) is 7.36. The van der Waals surface area contributed by atoms with E-state index in [1.165, 1.54) is 39.2 Å². The van der Waals surface area contributed by atoms with Crippen molar-refractivity contribution in [3.05, 3.63) is 59.6 Å². The summed E-state index contributed by atoms with van der Waals surface area (Å²) in [5.74, 6) is 1.53. The quantitative estimate of drug-likeness (QED) is 0.765. The van der Waals surface area contributed by atoms with Crippen molar-refractivity contribution in [2.75, 3.05) is 14.2 Å². The van der Waals surface area contributed by atoms with Crippen LogP contribution in [0.4, 0.5) is 0 Å². The molecular weight excluding hydrogens is 354 g/mol. The van der Waals surface area contributed by atoms with E-state index in [0.717, 1.165) is 22.8 Å². The predicted molar refractivity (Wildman–Crippen MR) is 108 cm³/mol. The Labute approximate surface area is 165 Å². The summed E-state index contributed by atoms with van der Waals surface area (Å²) in [7, 11) is 3.08. The first-order chi connectivity index (χ1) is 13.7. The van der Waals surface area contributed by atoms with Gasteiger partial charge in [-0.05, 0) is 37.1 Å². The molecule has 0 spiro atoms. The maximum Gasteiger partial charge on any atom is 0.337 e. The van der Waals surface area contributed by atoms with Gasteiger partial charge in [-0.1, -0.05) is 31.4 Å². The molecule has 1 fully saturated rings. The summed E-state index contributed by atoms with van der Waals surface area (Å²) in [6.45, 7) is 0. The maximum absolute atomic E-state index is 12.0. The van der Waals surface area contributed by atoms with E-state index in [2.05, 4.69) is 21.6 Å². The largest absolute Gasteiger partial charge is 0.497 e. The van der Waals surface area contributed by atoms with Crippen molar-refractivity contribution < 1.29 is 14.3 Å². The fourth-order valence-electron chi connectivity index (χ4n) is 4.07. The van der Waals surface area contributed by atoms with Gasteiger partial charge in [-0.15, -0.1) is 0 Å². The molecule has 1 atom stereocenters. The van der Waals surface area contributed by atoms with E-state index < -0.39 is 0 Å². The van der Waals surface area contributed by atoms with E-state index in [0.29, 0.717) is 11.6 Å². The van der Waals surface area contributed by atoms with Crippen LogP contribution in [0.2, 0.25) is 0 Å². The average Bonchev–Trinajstić information content (AvgIpc) is 3.11. The molecule has 1 unspecified atom stereocenters. The number of ether oxygens (including phenoxy) is 2. The molecule has 0 amide bonds. The van der Waals surface area contributed by atoms with E-state index in [-0.39, 0.29) is 12.1 Å². The molecule has 3 aliphatic rings. The zero-order chi connectivity index (χ0) is 19.5. The van der Waals surface area contributed by atoms with Crippen LogP contribution in [0, 0.1) is 0 Å². The zero-order valence-corrected chi connectivity index (χ0v) is 16.4. The van der Waals surface area contributed by atoms with Gasteiger partial charge in [0.1, 0.15) is 17.7 Å². The van der Waals surface area contributed by atoms with Crippen molar-refractivity contribution in [3.8, 4) is 5.75 Å². The number of hydrogen-bond acceptors (Lipinski definition) is 6. The summed E-state index contributed by atoms with van der Waals surface area (Å²) in [6, 6.07) is 8.49. The van der Waals surface area contributed by atoms with Gasteiger partial charge in [-0.25, -0.2) is 4.79 Å². The summed E-state index contributed by atoms with van der Waals surface area (Å²) in [5.41, 5.74) is 2.62. The van der Waals surface area contributed by atoms with E-state index in [9.17, 15) is 4.79 Å². The summed E-state index contributed by atoms with van der Waals surface area (Å²) in [5, 5.41) is 7.33. The van der Waals surface area contributed by atoms with Crippen molar-refractivity contribution in [2.45, 2.75) is 44.3 Å². The number of rotatable bonds is 5. The van der Waals surface area contributed by atoms with Gasteiger partial charge in [0.2, 0.25) is 0 Å². The van der Waals surface area contributed by atoms with Crippen molar-refractivity contribution in [2.24, 2.45) is 0 Å². The molecule has 0 aromatic heterocycles. The number of carbonyl (C=O) groups excluding carboxylic acids is 1. The minimum Gasteiger partial charge on any atom is -0.497 e. The first-order valence-corrected chi connectivity index (χ1v) is 9.88. The van der Waals surface area contributed by atoms with Crippen LogP contribution in [0.1, 0.15) is 37.7 Å². The summed E-state index contributed by atoms with van der Waals surface area (Å²) < 4.78 is 10.3. The van der Waals surface area contributed by atoms with Crippen LogP contribution in [0.3, 0.4) is 0 Å². The molecule has 1 aliphatic carbocycles. The molecule has 0 radical (unpaired) electrons. The Morgan fingerprint density at radius 3 is 2.79 bits per heavy atom. The van der Waals surface area contributed by atoms with Gasteiger partial charge < -0.3 is 25.0 Å². The highest BCUT2D eigenvalue weighted by Gasteiger charge is 2.34. The van der Waals surface area contributed by atoms with Crippen LogP contribution in [-0.2, 0) is 9.53 Å². The molecule has 28 heavy (non-hydrogen) atoms. The lowest BCUT2D eigenvalue weighted by molar-refractivity contribution is -0.135. The third-order valence-electron chi connectivity index (χ3n) is 5.56. The Morgan fingerprint density at radius 2 is 2.04 bits per heavy atom. The molecule has 2 heterocycles.